The first-order valence-electron chi connectivity index (χ1n) is 6.62. The van der Waals surface area contributed by atoms with Gasteiger partial charge in [0.25, 0.3) is 0 Å². The van der Waals surface area contributed by atoms with E-state index in [1.54, 1.807) is 11.3 Å². The van der Waals surface area contributed by atoms with E-state index in [9.17, 15) is 0 Å². The van der Waals surface area contributed by atoms with Gasteiger partial charge in [0.05, 0.1) is 5.02 Å². The summed E-state index contributed by atoms with van der Waals surface area (Å²) < 4.78 is 0. The Balaban J connectivity index is 2.09. The predicted octanol–water partition coefficient (Wildman–Crippen LogP) is 4.93. The van der Waals surface area contributed by atoms with Crippen molar-refractivity contribution in [2.24, 2.45) is 17.6 Å². The van der Waals surface area contributed by atoms with Crippen LogP contribution in [0.3, 0.4) is 0 Å². The van der Waals surface area contributed by atoms with Crippen molar-refractivity contribution in [3.05, 3.63) is 20.8 Å². The van der Waals surface area contributed by atoms with Crippen LogP contribution in [0.4, 0.5) is 0 Å². The summed E-state index contributed by atoms with van der Waals surface area (Å²) >= 11 is 8.05. The maximum Gasteiger partial charge on any atom is 0.0590 e. The first kappa shape index (κ1) is 13.4. The molecule has 1 fully saturated rings. The Labute approximate surface area is 113 Å². The molecule has 1 aromatic heterocycles. The fraction of sp³-hybridized carbons (Fsp3) is 0.714. The molecule has 0 saturated heterocycles. The molecule has 96 valence electrons. The Morgan fingerprint density at radius 3 is 2.88 bits per heavy atom. The highest BCUT2D eigenvalue weighted by Crippen LogP contribution is 2.41. The average molecular weight is 272 g/mol. The first-order valence-corrected chi connectivity index (χ1v) is 7.88. The topological polar surface area (TPSA) is 26.0 Å². The number of hydrogen-bond donors (Lipinski definition) is 1. The van der Waals surface area contributed by atoms with Gasteiger partial charge in [-0.15, -0.1) is 11.3 Å². The molecule has 0 aromatic carbocycles. The number of nitrogens with two attached hydrogens (primary N) is 1. The lowest BCUT2D eigenvalue weighted by Gasteiger charge is -2.32. The number of aryl methyl sites for hydroxylation is 1. The molecule has 1 aliphatic carbocycles. The van der Waals surface area contributed by atoms with E-state index in [1.807, 2.05) is 0 Å². The van der Waals surface area contributed by atoms with E-state index in [-0.39, 0.29) is 6.04 Å². The van der Waals surface area contributed by atoms with Gasteiger partial charge >= 0.3 is 0 Å². The Kier molecular flexibility index (Phi) is 4.51. The second-order valence-corrected chi connectivity index (χ2v) is 6.61. The molecule has 0 radical (unpaired) electrons. The van der Waals surface area contributed by atoms with Crippen LogP contribution >= 0.6 is 22.9 Å². The van der Waals surface area contributed by atoms with Crippen LogP contribution in [0.5, 0.6) is 0 Å². The van der Waals surface area contributed by atoms with Crippen molar-refractivity contribution in [3.63, 3.8) is 0 Å². The van der Waals surface area contributed by atoms with Crippen molar-refractivity contribution < 1.29 is 0 Å². The third-order valence-corrected chi connectivity index (χ3v) is 5.95. The van der Waals surface area contributed by atoms with Gasteiger partial charge in [0.2, 0.25) is 0 Å². The molecule has 3 atom stereocenters. The molecule has 3 heteroatoms. The third kappa shape index (κ3) is 2.86. The van der Waals surface area contributed by atoms with E-state index in [0.29, 0.717) is 5.92 Å². The Bertz CT molecular complexity index is 374. The first-order chi connectivity index (χ1) is 8.13. The quantitative estimate of drug-likeness (QED) is 0.829. The predicted molar refractivity (Wildman–Crippen MR) is 76.7 cm³/mol. The van der Waals surface area contributed by atoms with Crippen LogP contribution in [-0.2, 0) is 0 Å². The van der Waals surface area contributed by atoms with E-state index in [2.05, 4.69) is 19.2 Å². The van der Waals surface area contributed by atoms with Crippen LogP contribution in [0.25, 0.3) is 0 Å². The van der Waals surface area contributed by atoms with Gasteiger partial charge in [-0.25, -0.2) is 0 Å². The summed E-state index contributed by atoms with van der Waals surface area (Å²) in [6.45, 7) is 4.35. The Morgan fingerprint density at radius 1 is 1.53 bits per heavy atom. The summed E-state index contributed by atoms with van der Waals surface area (Å²) in [4.78, 5) is 1.20. The molecular formula is C14H22ClNS. The van der Waals surface area contributed by atoms with Crippen molar-refractivity contribution in [1.29, 1.82) is 0 Å². The van der Waals surface area contributed by atoms with Crippen LogP contribution in [0, 0.1) is 18.8 Å². The van der Waals surface area contributed by atoms with E-state index >= 15 is 0 Å². The molecule has 1 nitrogen and oxygen atoms in total. The summed E-state index contributed by atoms with van der Waals surface area (Å²) in [5.41, 5.74) is 7.60. The minimum absolute atomic E-state index is 0.149. The maximum absolute atomic E-state index is 6.43. The molecule has 1 saturated carbocycles. The van der Waals surface area contributed by atoms with Crippen LogP contribution in [0.15, 0.2) is 5.38 Å². The van der Waals surface area contributed by atoms with Crippen molar-refractivity contribution in [2.75, 3.05) is 0 Å². The van der Waals surface area contributed by atoms with Crippen LogP contribution in [-0.4, -0.2) is 0 Å². The van der Waals surface area contributed by atoms with Crippen LogP contribution in [0.2, 0.25) is 5.02 Å². The average Bonchev–Trinajstić information content (AvgIpc) is 2.69. The van der Waals surface area contributed by atoms with Gasteiger partial charge < -0.3 is 5.73 Å². The van der Waals surface area contributed by atoms with Gasteiger partial charge in [-0.05, 0) is 42.5 Å². The number of rotatable bonds is 3. The SMILES string of the molecule is CCC1CCCC(C(N)c2scc(C)c2Cl)C1. The zero-order valence-electron chi connectivity index (χ0n) is 10.7. The standard InChI is InChI=1S/C14H22ClNS/c1-3-10-5-4-6-11(7-10)13(16)14-12(15)9(2)8-17-14/h8,10-11,13H,3-7,16H2,1-2H3. The van der Waals surface area contributed by atoms with Gasteiger partial charge in [0, 0.05) is 10.9 Å². The summed E-state index contributed by atoms with van der Waals surface area (Å²) in [6.07, 6.45) is 6.56. The molecule has 1 aromatic rings. The molecule has 1 heterocycles. The molecule has 3 unspecified atom stereocenters. The molecule has 0 amide bonds. The zero-order chi connectivity index (χ0) is 12.4. The van der Waals surface area contributed by atoms with Gasteiger partial charge in [-0.2, -0.15) is 0 Å². The summed E-state index contributed by atoms with van der Waals surface area (Å²) in [5.74, 6) is 1.50. The summed E-state index contributed by atoms with van der Waals surface area (Å²) in [6, 6.07) is 0.149. The normalized spacial score (nSPS) is 27.1. The highest BCUT2D eigenvalue weighted by atomic mass is 35.5. The van der Waals surface area contributed by atoms with E-state index in [0.717, 1.165) is 10.9 Å². The zero-order valence-corrected chi connectivity index (χ0v) is 12.3. The van der Waals surface area contributed by atoms with Gasteiger partial charge in [0.15, 0.2) is 0 Å². The number of hydrogen-bond acceptors (Lipinski definition) is 2. The molecule has 2 N–H and O–H groups in total. The van der Waals surface area contributed by atoms with Crippen LogP contribution < -0.4 is 5.73 Å². The van der Waals surface area contributed by atoms with Crippen molar-refractivity contribution >= 4 is 22.9 Å². The summed E-state index contributed by atoms with van der Waals surface area (Å²) in [7, 11) is 0. The monoisotopic (exact) mass is 271 g/mol. The minimum Gasteiger partial charge on any atom is -0.323 e. The van der Waals surface area contributed by atoms with E-state index in [1.165, 1.54) is 42.5 Å². The molecule has 0 bridgehead atoms. The molecule has 0 aliphatic heterocycles. The second-order valence-electron chi connectivity index (χ2n) is 5.32. The maximum atomic E-state index is 6.43. The minimum atomic E-state index is 0.149. The summed E-state index contributed by atoms with van der Waals surface area (Å²) in [5, 5.41) is 3.03. The molecular weight excluding hydrogens is 250 g/mol. The fourth-order valence-electron chi connectivity index (χ4n) is 2.92. The lowest BCUT2D eigenvalue weighted by atomic mass is 9.76. The lowest BCUT2D eigenvalue weighted by Crippen LogP contribution is -2.26. The second kappa shape index (κ2) is 5.73. The largest absolute Gasteiger partial charge is 0.323 e. The lowest BCUT2D eigenvalue weighted by molar-refractivity contribution is 0.232. The number of halogens is 1. The van der Waals surface area contributed by atoms with E-state index < -0.39 is 0 Å². The highest BCUT2D eigenvalue weighted by molar-refractivity contribution is 7.10. The molecule has 2 rings (SSSR count). The highest BCUT2D eigenvalue weighted by Gasteiger charge is 2.28. The van der Waals surface area contributed by atoms with Gasteiger partial charge in [0.1, 0.15) is 0 Å². The molecule has 1 aliphatic rings. The van der Waals surface area contributed by atoms with E-state index in [4.69, 9.17) is 17.3 Å². The van der Waals surface area contributed by atoms with Gasteiger partial charge in [-0.1, -0.05) is 37.8 Å². The fourth-order valence-corrected chi connectivity index (χ4v) is 4.33. The third-order valence-electron chi connectivity index (χ3n) is 4.14. The van der Waals surface area contributed by atoms with Crippen molar-refractivity contribution in [1.82, 2.24) is 0 Å². The van der Waals surface area contributed by atoms with Gasteiger partial charge in [-0.3, -0.25) is 0 Å². The van der Waals surface area contributed by atoms with Crippen molar-refractivity contribution in [3.8, 4) is 0 Å². The van der Waals surface area contributed by atoms with Crippen molar-refractivity contribution in [2.45, 2.75) is 52.0 Å². The Hall–Kier alpha value is -0.0500. The Morgan fingerprint density at radius 2 is 2.29 bits per heavy atom. The smallest absolute Gasteiger partial charge is 0.0590 e. The van der Waals surface area contributed by atoms with Crippen LogP contribution in [0.1, 0.15) is 55.5 Å². The molecule has 17 heavy (non-hydrogen) atoms. The number of thiophene rings is 1. The molecule has 0 spiro atoms.